The summed E-state index contributed by atoms with van der Waals surface area (Å²) in [5, 5.41) is 5.39. The van der Waals surface area contributed by atoms with Crippen molar-refractivity contribution in [1.82, 2.24) is 10.3 Å². The van der Waals surface area contributed by atoms with Gasteiger partial charge in [0.1, 0.15) is 0 Å². The highest BCUT2D eigenvalue weighted by molar-refractivity contribution is 8.13. The van der Waals surface area contributed by atoms with Gasteiger partial charge in [-0.3, -0.25) is 19.4 Å². The van der Waals surface area contributed by atoms with Crippen LogP contribution in [0, 0.1) is 0 Å². The van der Waals surface area contributed by atoms with Gasteiger partial charge < -0.3 is 16.4 Å². The average Bonchev–Trinajstić information content (AvgIpc) is 2.83. The van der Waals surface area contributed by atoms with Crippen molar-refractivity contribution in [3.8, 4) is 11.1 Å². The highest BCUT2D eigenvalue weighted by Gasteiger charge is 2.14. The molecule has 0 aliphatic carbocycles. The van der Waals surface area contributed by atoms with Crippen molar-refractivity contribution in [3.05, 3.63) is 83.7 Å². The number of aromatic nitrogens is 1. The summed E-state index contributed by atoms with van der Waals surface area (Å²) in [4.78, 5) is 40.8. The molecule has 1 aromatic heterocycles. The van der Waals surface area contributed by atoms with Gasteiger partial charge in [0.2, 0.25) is 5.12 Å². The molecule has 4 N–H and O–H groups in total. The topological polar surface area (TPSA) is 114 Å². The molecule has 7 nitrogen and oxygen atoms in total. The molecule has 0 spiro atoms. The SMILES string of the molecule is CCSC(=O)CNC(=O)c1cccc(-c2cc(C(=O)Nc3ccncc3)ccc2CN)c1. The normalized spacial score (nSPS) is 10.4. The van der Waals surface area contributed by atoms with Gasteiger partial charge in [-0.1, -0.05) is 36.9 Å². The third kappa shape index (κ3) is 6.03. The highest BCUT2D eigenvalue weighted by Crippen LogP contribution is 2.26. The predicted molar refractivity (Wildman–Crippen MR) is 127 cm³/mol. The first-order chi connectivity index (χ1) is 15.5. The van der Waals surface area contributed by atoms with Crippen LogP contribution < -0.4 is 16.4 Å². The quantitative estimate of drug-likeness (QED) is 0.486. The van der Waals surface area contributed by atoms with Gasteiger partial charge in [0.05, 0.1) is 6.54 Å². The largest absolute Gasteiger partial charge is 0.344 e. The maximum atomic E-state index is 12.7. The molecule has 0 aliphatic rings. The van der Waals surface area contributed by atoms with Crippen molar-refractivity contribution < 1.29 is 14.4 Å². The number of anilines is 1. The third-order valence-electron chi connectivity index (χ3n) is 4.66. The zero-order chi connectivity index (χ0) is 22.9. The first-order valence-corrected chi connectivity index (χ1v) is 11.1. The summed E-state index contributed by atoms with van der Waals surface area (Å²) in [5.74, 6) is 0.0663. The van der Waals surface area contributed by atoms with Gasteiger partial charge >= 0.3 is 0 Å². The molecule has 32 heavy (non-hydrogen) atoms. The summed E-state index contributed by atoms with van der Waals surface area (Å²) in [5.41, 5.74) is 9.81. The number of rotatable bonds is 8. The van der Waals surface area contributed by atoms with Crippen LogP contribution in [0.1, 0.15) is 33.2 Å². The predicted octanol–water partition coefficient (Wildman–Crippen LogP) is 3.47. The Morgan fingerprint density at radius 2 is 1.72 bits per heavy atom. The molecule has 0 aliphatic heterocycles. The van der Waals surface area contributed by atoms with Crippen molar-refractivity contribution >= 4 is 34.4 Å². The number of hydrogen-bond donors (Lipinski definition) is 3. The third-order valence-corrected chi connectivity index (χ3v) is 5.42. The summed E-state index contributed by atoms with van der Waals surface area (Å²) in [6.07, 6.45) is 3.20. The van der Waals surface area contributed by atoms with Gasteiger partial charge in [-0.05, 0) is 58.8 Å². The molecule has 0 bridgehead atoms. The maximum Gasteiger partial charge on any atom is 0.255 e. The van der Waals surface area contributed by atoms with Crippen LogP contribution in [0.5, 0.6) is 0 Å². The molecule has 1 heterocycles. The smallest absolute Gasteiger partial charge is 0.255 e. The zero-order valence-electron chi connectivity index (χ0n) is 17.6. The first kappa shape index (κ1) is 23.2. The molecular formula is C24H24N4O3S. The van der Waals surface area contributed by atoms with E-state index in [1.54, 1.807) is 54.9 Å². The van der Waals surface area contributed by atoms with E-state index in [1.807, 2.05) is 19.1 Å². The Labute approximate surface area is 190 Å². The second-order valence-corrected chi connectivity index (χ2v) is 8.16. The van der Waals surface area contributed by atoms with Crippen LogP contribution in [0.15, 0.2) is 67.0 Å². The molecule has 0 saturated carbocycles. The molecule has 0 fully saturated rings. The van der Waals surface area contributed by atoms with Crippen molar-refractivity contribution in [2.24, 2.45) is 5.73 Å². The van der Waals surface area contributed by atoms with Gasteiger partial charge in [-0.15, -0.1) is 0 Å². The number of amides is 2. The maximum absolute atomic E-state index is 12.7. The van der Waals surface area contributed by atoms with E-state index in [-0.39, 0.29) is 30.0 Å². The monoisotopic (exact) mass is 448 g/mol. The number of nitrogens with one attached hydrogen (secondary N) is 2. The number of nitrogens with two attached hydrogens (primary N) is 1. The van der Waals surface area contributed by atoms with E-state index in [0.717, 1.165) is 16.7 Å². The van der Waals surface area contributed by atoms with Crippen molar-refractivity contribution in [2.75, 3.05) is 17.6 Å². The molecule has 164 valence electrons. The number of carbonyl (C=O) groups is 3. The Morgan fingerprint density at radius 1 is 0.969 bits per heavy atom. The highest BCUT2D eigenvalue weighted by atomic mass is 32.2. The van der Waals surface area contributed by atoms with E-state index in [0.29, 0.717) is 22.6 Å². The van der Waals surface area contributed by atoms with Crippen LogP contribution in [0.2, 0.25) is 0 Å². The van der Waals surface area contributed by atoms with Crippen molar-refractivity contribution in [3.63, 3.8) is 0 Å². The molecule has 3 rings (SSSR count). The minimum absolute atomic E-state index is 0.0275. The van der Waals surface area contributed by atoms with Crippen LogP contribution in [0.4, 0.5) is 5.69 Å². The van der Waals surface area contributed by atoms with E-state index < -0.39 is 0 Å². The van der Waals surface area contributed by atoms with Crippen molar-refractivity contribution in [1.29, 1.82) is 0 Å². The van der Waals surface area contributed by atoms with Crippen LogP contribution in [0.25, 0.3) is 11.1 Å². The molecular weight excluding hydrogens is 424 g/mol. The molecule has 3 aromatic rings. The van der Waals surface area contributed by atoms with E-state index in [4.69, 9.17) is 5.73 Å². The van der Waals surface area contributed by atoms with E-state index >= 15 is 0 Å². The van der Waals surface area contributed by atoms with E-state index in [1.165, 1.54) is 11.8 Å². The lowest BCUT2D eigenvalue weighted by Crippen LogP contribution is -2.28. The minimum atomic E-state index is -0.335. The first-order valence-electron chi connectivity index (χ1n) is 10.1. The Morgan fingerprint density at radius 3 is 2.44 bits per heavy atom. The minimum Gasteiger partial charge on any atom is -0.344 e. The van der Waals surface area contributed by atoms with Gasteiger partial charge in [0, 0.05) is 35.8 Å². The van der Waals surface area contributed by atoms with Crippen LogP contribution in [-0.4, -0.2) is 34.2 Å². The number of benzene rings is 2. The average molecular weight is 449 g/mol. The summed E-state index contributed by atoms with van der Waals surface area (Å²) < 4.78 is 0. The number of hydrogen-bond acceptors (Lipinski definition) is 6. The molecule has 0 saturated heterocycles. The Kier molecular flexibility index (Phi) is 8.13. The summed E-state index contributed by atoms with van der Waals surface area (Å²) in [7, 11) is 0. The summed E-state index contributed by atoms with van der Waals surface area (Å²) >= 11 is 1.17. The molecule has 2 aromatic carbocycles. The lowest BCUT2D eigenvalue weighted by atomic mass is 9.95. The number of thioether (sulfide) groups is 1. The fourth-order valence-corrected chi connectivity index (χ4v) is 3.59. The number of nitrogens with zero attached hydrogens (tertiary/aromatic N) is 1. The Balaban J connectivity index is 1.84. The molecule has 8 heteroatoms. The summed E-state index contributed by atoms with van der Waals surface area (Å²) in [6, 6.07) is 15.7. The molecule has 0 radical (unpaired) electrons. The molecule has 0 unspecified atom stereocenters. The van der Waals surface area contributed by atoms with Gasteiger partial charge in [0.15, 0.2) is 0 Å². The number of pyridine rings is 1. The second kappa shape index (κ2) is 11.2. The molecule has 2 amide bonds. The second-order valence-electron chi connectivity index (χ2n) is 6.83. The lowest BCUT2D eigenvalue weighted by molar-refractivity contribution is -0.110. The van der Waals surface area contributed by atoms with Crippen molar-refractivity contribution in [2.45, 2.75) is 13.5 Å². The lowest BCUT2D eigenvalue weighted by Gasteiger charge is -2.13. The van der Waals surface area contributed by atoms with Crippen LogP contribution >= 0.6 is 11.8 Å². The molecule has 0 atom stereocenters. The Hall–Kier alpha value is -3.49. The van der Waals surface area contributed by atoms with Gasteiger partial charge in [-0.25, -0.2) is 0 Å². The fraction of sp³-hybridized carbons (Fsp3) is 0.167. The Bertz CT molecular complexity index is 1120. The van der Waals surface area contributed by atoms with Gasteiger partial charge in [-0.2, -0.15) is 0 Å². The fourth-order valence-electron chi connectivity index (χ4n) is 3.10. The summed E-state index contributed by atoms with van der Waals surface area (Å²) in [6.45, 7) is 2.13. The standard InChI is InChI=1S/C24H24N4O3S/c1-2-32-22(29)15-27-23(30)17-5-3-4-16(12-17)21-13-18(6-7-19(21)14-25)24(31)28-20-8-10-26-11-9-20/h3-13H,2,14-15,25H2,1H3,(H,27,30)(H,26,28,31). The number of carbonyl (C=O) groups excluding carboxylic acids is 3. The van der Waals surface area contributed by atoms with Crippen LogP contribution in [0.3, 0.4) is 0 Å². The van der Waals surface area contributed by atoms with E-state index in [9.17, 15) is 14.4 Å². The zero-order valence-corrected chi connectivity index (χ0v) is 18.4. The van der Waals surface area contributed by atoms with E-state index in [2.05, 4.69) is 15.6 Å². The van der Waals surface area contributed by atoms with Gasteiger partial charge in [0.25, 0.3) is 11.8 Å². The van der Waals surface area contributed by atoms with Crippen LogP contribution in [-0.2, 0) is 11.3 Å².